The maximum Gasteiger partial charge on any atom is 0.283 e. The van der Waals surface area contributed by atoms with Crippen molar-refractivity contribution in [3.8, 4) is 5.75 Å². The SMILES string of the molecule is COc1cc([C@@H]2c3[nH]c4ccccc4c3C[C@@H](C)N2CC(F)(F)CO)ccc1C(O)C1CN(CCCF)C1. The summed E-state index contributed by atoms with van der Waals surface area (Å²) in [6.45, 7) is 1.83. The van der Waals surface area contributed by atoms with Crippen LogP contribution in [0.3, 0.4) is 0 Å². The van der Waals surface area contributed by atoms with E-state index in [-0.39, 0.29) is 18.6 Å². The number of aliphatic hydroxyl groups excluding tert-OH is 2. The molecule has 3 N–H and O–H groups in total. The Balaban J connectivity index is 1.51. The predicted octanol–water partition coefficient (Wildman–Crippen LogP) is 4.46. The van der Waals surface area contributed by atoms with Gasteiger partial charge in [0.05, 0.1) is 32.5 Å². The number of aromatic nitrogens is 1. The zero-order valence-corrected chi connectivity index (χ0v) is 21.8. The third-order valence-electron chi connectivity index (χ3n) is 8.09. The van der Waals surface area contributed by atoms with Crippen molar-refractivity contribution in [2.45, 2.75) is 43.9 Å². The van der Waals surface area contributed by atoms with Gasteiger partial charge in [0.2, 0.25) is 0 Å². The molecule has 0 amide bonds. The lowest BCUT2D eigenvalue weighted by molar-refractivity contribution is -0.0864. The smallest absolute Gasteiger partial charge is 0.283 e. The molecule has 0 saturated carbocycles. The van der Waals surface area contributed by atoms with Crippen LogP contribution in [0.2, 0.25) is 0 Å². The molecule has 2 aliphatic heterocycles. The molecule has 3 atom stereocenters. The summed E-state index contributed by atoms with van der Waals surface area (Å²) in [6.07, 6.45) is 0.345. The van der Waals surface area contributed by atoms with E-state index < -0.39 is 31.2 Å². The summed E-state index contributed by atoms with van der Waals surface area (Å²) in [6, 6.07) is 12.8. The molecule has 3 aromatic rings. The number of para-hydroxylation sites is 1. The van der Waals surface area contributed by atoms with Gasteiger partial charge in [0.15, 0.2) is 0 Å². The molecular formula is C29H36F3N3O3. The van der Waals surface area contributed by atoms with Gasteiger partial charge in [0, 0.05) is 53.8 Å². The van der Waals surface area contributed by atoms with Crippen LogP contribution >= 0.6 is 0 Å². The molecule has 1 unspecified atom stereocenters. The predicted molar refractivity (Wildman–Crippen MR) is 141 cm³/mol. The molecule has 2 aliphatic rings. The molecule has 0 bridgehead atoms. The first-order valence-electron chi connectivity index (χ1n) is 13.2. The zero-order valence-electron chi connectivity index (χ0n) is 21.8. The highest BCUT2D eigenvalue weighted by molar-refractivity contribution is 5.85. The van der Waals surface area contributed by atoms with Gasteiger partial charge >= 0.3 is 0 Å². The number of likely N-dealkylation sites (tertiary alicyclic amines) is 1. The zero-order chi connectivity index (χ0) is 27.0. The van der Waals surface area contributed by atoms with Gasteiger partial charge < -0.3 is 24.8 Å². The number of ether oxygens (including phenoxy) is 1. The topological polar surface area (TPSA) is 72.0 Å². The third kappa shape index (κ3) is 5.04. The molecule has 1 saturated heterocycles. The standard InChI is InChI=1S/C29H36F3N3O3/c1-18-12-23-21-6-3-4-7-24(21)33-26(23)27(35(18)16-29(31,32)17-36)19-8-9-22(25(13-19)38-2)28(37)20-14-34(15-20)11-5-10-30/h3-4,6-9,13,18,20,27-28,33,36-37H,5,10-12,14-17H2,1-2H3/t18-,27-,28?/m1/s1. The second-order valence-electron chi connectivity index (χ2n) is 10.7. The maximum absolute atomic E-state index is 14.6. The van der Waals surface area contributed by atoms with Gasteiger partial charge in [0.1, 0.15) is 12.4 Å². The van der Waals surface area contributed by atoms with Gasteiger partial charge in [-0.1, -0.05) is 30.3 Å². The lowest BCUT2D eigenvalue weighted by Gasteiger charge is -2.43. The Hall–Kier alpha value is -2.59. The fraction of sp³-hybridized carbons (Fsp3) is 0.517. The first kappa shape index (κ1) is 27.0. The van der Waals surface area contributed by atoms with Crippen LogP contribution in [-0.4, -0.2) is 83.5 Å². The van der Waals surface area contributed by atoms with Gasteiger partial charge in [0.25, 0.3) is 5.92 Å². The fourth-order valence-corrected chi connectivity index (χ4v) is 6.10. The fourth-order valence-electron chi connectivity index (χ4n) is 6.10. The summed E-state index contributed by atoms with van der Waals surface area (Å²) in [7, 11) is 1.54. The molecule has 0 spiro atoms. The highest BCUT2D eigenvalue weighted by Gasteiger charge is 2.42. The second-order valence-corrected chi connectivity index (χ2v) is 10.7. The van der Waals surface area contributed by atoms with Crippen molar-refractivity contribution in [2.75, 3.05) is 46.6 Å². The van der Waals surface area contributed by atoms with E-state index in [9.17, 15) is 23.4 Å². The van der Waals surface area contributed by atoms with Crippen molar-refractivity contribution in [3.05, 3.63) is 64.8 Å². The number of methoxy groups -OCH3 is 1. The third-order valence-corrected chi connectivity index (χ3v) is 8.09. The average molecular weight is 532 g/mol. The summed E-state index contributed by atoms with van der Waals surface area (Å²) < 4.78 is 47.3. The van der Waals surface area contributed by atoms with Crippen LogP contribution in [-0.2, 0) is 6.42 Å². The van der Waals surface area contributed by atoms with Gasteiger partial charge in [-0.15, -0.1) is 0 Å². The number of rotatable bonds is 10. The second kappa shape index (κ2) is 10.9. The Morgan fingerprint density at radius 3 is 2.66 bits per heavy atom. The molecule has 1 aromatic heterocycles. The number of H-pyrrole nitrogens is 1. The summed E-state index contributed by atoms with van der Waals surface area (Å²) in [4.78, 5) is 7.34. The van der Waals surface area contributed by atoms with E-state index in [0.717, 1.165) is 27.7 Å². The van der Waals surface area contributed by atoms with E-state index in [2.05, 4.69) is 9.88 Å². The number of aliphatic hydroxyl groups is 2. The van der Waals surface area contributed by atoms with Gasteiger partial charge in [-0.25, -0.2) is 8.78 Å². The van der Waals surface area contributed by atoms with Crippen molar-refractivity contribution in [1.29, 1.82) is 0 Å². The normalized spacial score (nSPS) is 21.9. The molecule has 2 aromatic carbocycles. The van der Waals surface area contributed by atoms with Crippen molar-refractivity contribution >= 4 is 10.9 Å². The Labute approximate surface area is 221 Å². The van der Waals surface area contributed by atoms with Crippen molar-refractivity contribution in [1.82, 2.24) is 14.8 Å². The quantitative estimate of drug-likeness (QED) is 0.360. The molecule has 3 heterocycles. The minimum absolute atomic E-state index is 0.0177. The number of benzene rings is 2. The van der Waals surface area contributed by atoms with Crippen LogP contribution in [0.1, 0.15) is 47.9 Å². The van der Waals surface area contributed by atoms with Crippen molar-refractivity contribution < 1.29 is 28.1 Å². The first-order valence-corrected chi connectivity index (χ1v) is 13.2. The van der Waals surface area contributed by atoms with Gasteiger partial charge in [-0.3, -0.25) is 9.29 Å². The number of hydrogen-bond acceptors (Lipinski definition) is 5. The van der Waals surface area contributed by atoms with Gasteiger partial charge in [-0.2, -0.15) is 0 Å². The van der Waals surface area contributed by atoms with Crippen LogP contribution < -0.4 is 4.74 Å². The molecule has 6 nitrogen and oxygen atoms in total. The lowest BCUT2D eigenvalue weighted by Crippen LogP contribution is -2.49. The summed E-state index contributed by atoms with van der Waals surface area (Å²) in [5, 5.41) is 21.5. The lowest BCUT2D eigenvalue weighted by atomic mass is 9.85. The van der Waals surface area contributed by atoms with Crippen LogP contribution in [0.25, 0.3) is 10.9 Å². The van der Waals surface area contributed by atoms with E-state index in [1.54, 1.807) is 12.0 Å². The molecule has 9 heteroatoms. The van der Waals surface area contributed by atoms with E-state index in [1.807, 2.05) is 49.4 Å². The van der Waals surface area contributed by atoms with Crippen LogP contribution in [0, 0.1) is 5.92 Å². The van der Waals surface area contributed by atoms with E-state index in [0.29, 0.717) is 43.8 Å². The Bertz CT molecular complexity index is 1260. The molecule has 206 valence electrons. The minimum atomic E-state index is -3.26. The van der Waals surface area contributed by atoms with E-state index >= 15 is 0 Å². The molecule has 1 fully saturated rings. The van der Waals surface area contributed by atoms with Crippen LogP contribution in [0.15, 0.2) is 42.5 Å². The molecule has 0 aliphatic carbocycles. The van der Waals surface area contributed by atoms with E-state index in [1.165, 1.54) is 0 Å². The monoisotopic (exact) mass is 531 g/mol. The number of nitrogens with zero attached hydrogens (tertiary/aromatic N) is 2. The number of halogens is 3. The van der Waals surface area contributed by atoms with Crippen molar-refractivity contribution in [3.63, 3.8) is 0 Å². The number of nitrogens with one attached hydrogen (secondary N) is 1. The summed E-state index contributed by atoms with van der Waals surface area (Å²) in [5.74, 6) is -2.74. The maximum atomic E-state index is 14.6. The Morgan fingerprint density at radius 1 is 1.18 bits per heavy atom. The Morgan fingerprint density at radius 2 is 1.95 bits per heavy atom. The van der Waals surface area contributed by atoms with Gasteiger partial charge in [-0.05, 0) is 43.0 Å². The summed E-state index contributed by atoms with van der Waals surface area (Å²) in [5.41, 5.74) is 4.33. The number of alkyl halides is 3. The minimum Gasteiger partial charge on any atom is -0.496 e. The molecule has 5 rings (SSSR count). The highest BCUT2D eigenvalue weighted by Crippen LogP contribution is 2.44. The van der Waals surface area contributed by atoms with E-state index in [4.69, 9.17) is 4.74 Å². The molecule has 38 heavy (non-hydrogen) atoms. The van der Waals surface area contributed by atoms with Crippen molar-refractivity contribution in [2.24, 2.45) is 5.92 Å². The number of fused-ring (bicyclic) bond motifs is 3. The Kier molecular flexibility index (Phi) is 7.73. The van der Waals surface area contributed by atoms with Crippen LogP contribution in [0.4, 0.5) is 13.2 Å². The highest BCUT2D eigenvalue weighted by atomic mass is 19.3. The number of aromatic amines is 1. The summed E-state index contributed by atoms with van der Waals surface area (Å²) >= 11 is 0. The first-order chi connectivity index (χ1) is 18.3. The largest absolute Gasteiger partial charge is 0.496 e. The molecule has 0 radical (unpaired) electrons. The molecular weight excluding hydrogens is 495 g/mol. The number of hydrogen-bond donors (Lipinski definition) is 3. The average Bonchev–Trinajstić information content (AvgIpc) is 3.25. The van der Waals surface area contributed by atoms with Crippen LogP contribution in [0.5, 0.6) is 5.75 Å².